The zero-order valence-corrected chi connectivity index (χ0v) is 19.8. The number of ether oxygens (including phenoxy) is 2. The van der Waals surface area contributed by atoms with Gasteiger partial charge in [-0.25, -0.2) is 0 Å². The van der Waals surface area contributed by atoms with Crippen molar-refractivity contribution < 1.29 is 14.3 Å². The summed E-state index contributed by atoms with van der Waals surface area (Å²) in [6.45, 7) is 7.28. The molecule has 1 aliphatic heterocycles. The largest absolute Gasteiger partial charge is 0.349 e. The lowest BCUT2D eigenvalue weighted by Gasteiger charge is -2.52. The van der Waals surface area contributed by atoms with E-state index in [0.717, 1.165) is 37.9 Å². The third-order valence-corrected chi connectivity index (χ3v) is 7.12. The molecule has 0 unspecified atom stereocenters. The molecule has 7 heteroatoms. The summed E-state index contributed by atoms with van der Waals surface area (Å²) in [6.07, 6.45) is 5.44. The number of rotatable bonds is 8. The van der Waals surface area contributed by atoms with Gasteiger partial charge in [-0.1, -0.05) is 29.3 Å². The second kappa shape index (κ2) is 10.6. The average Bonchev–Trinajstić information content (AvgIpc) is 3.24. The Morgan fingerprint density at radius 3 is 2.40 bits per heavy atom. The van der Waals surface area contributed by atoms with Crippen LogP contribution in [0.5, 0.6) is 0 Å². The van der Waals surface area contributed by atoms with E-state index in [1.54, 1.807) is 12.1 Å². The zero-order valence-electron chi connectivity index (χ0n) is 18.3. The summed E-state index contributed by atoms with van der Waals surface area (Å²) >= 11 is 12.2. The monoisotopic (exact) mass is 456 g/mol. The molecule has 2 fully saturated rings. The van der Waals surface area contributed by atoms with Crippen LogP contribution in [0.2, 0.25) is 10.0 Å². The fraction of sp³-hybridized carbons (Fsp3) is 0.696. The number of likely N-dealkylation sites (N-methyl/N-ethyl adjacent to an activating group) is 1. The second-order valence-corrected chi connectivity index (χ2v) is 9.07. The molecule has 1 aliphatic carbocycles. The highest BCUT2D eigenvalue weighted by Gasteiger charge is 2.52. The smallest absolute Gasteiger partial charge is 0.227 e. The van der Waals surface area contributed by atoms with Crippen molar-refractivity contribution in [1.29, 1.82) is 0 Å². The van der Waals surface area contributed by atoms with Gasteiger partial charge < -0.3 is 14.4 Å². The Kier molecular flexibility index (Phi) is 8.45. The first-order valence-electron chi connectivity index (χ1n) is 11.1. The van der Waals surface area contributed by atoms with Gasteiger partial charge in [-0.05, 0) is 70.3 Å². The van der Waals surface area contributed by atoms with Crippen LogP contribution >= 0.6 is 23.2 Å². The molecule has 2 atom stereocenters. The number of halogens is 2. The quantitative estimate of drug-likeness (QED) is 0.527. The lowest BCUT2D eigenvalue weighted by molar-refractivity contribution is -0.286. The molecule has 0 N–H and O–H groups in total. The predicted molar refractivity (Wildman–Crippen MR) is 121 cm³/mol. The Hall–Kier alpha value is -0.850. The first-order chi connectivity index (χ1) is 14.4. The maximum Gasteiger partial charge on any atom is 0.227 e. The van der Waals surface area contributed by atoms with Crippen LogP contribution in [-0.2, 0) is 20.7 Å². The van der Waals surface area contributed by atoms with E-state index in [2.05, 4.69) is 4.90 Å². The molecule has 0 radical (unpaired) electrons. The third-order valence-electron chi connectivity index (χ3n) is 6.38. The van der Waals surface area contributed by atoms with Crippen LogP contribution in [0.1, 0.15) is 51.5 Å². The second-order valence-electron chi connectivity index (χ2n) is 8.26. The Bertz CT molecular complexity index is 713. The summed E-state index contributed by atoms with van der Waals surface area (Å²) in [4.78, 5) is 17.6. The van der Waals surface area contributed by atoms with Crippen LogP contribution in [0, 0.1) is 0 Å². The van der Waals surface area contributed by atoms with Crippen molar-refractivity contribution in [1.82, 2.24) is 9.80 Å². The van der Waals surface area contributed by atoms with Crippen LogP contribution in [0.15, 0.2) is 18.2 Å². The van der Waals surface area contributed by atoms with Gasteiger partial charge in [-0.2, -0.15) is 0 Å². The summed E-state index contributed by atoms with van der Waals surface area (Å²) in [5.74, 6) is -0.583. The molecule has 3 rings (SSSR count). The van der Waals surface area contributed by atoms with Crippen molar-refractivity contribution in [2.75, 3.05) is 33.4 Å². The SMILES string of the molecule is CCOC1(OCC)CCC[C@H](N(C)C(=O)Cc2ccc(Cl)c(Cl)c2)[C@H]1N1CCCC1. The van der Waals surface area contributed by atoms with E-state index in [-0.39, 0.29) is 18.0 Å². The number of hydrogen-bond acceptors (Lipinski definition) is 4. The summed E-state index contributed by atoms with van der Waals surface area (Å²) < 4.78 is 12.6. The van der Waals surface area contributed by atoms with Crippen LogP contribution in [0.25, 0.3) is 0 Å². The maximum atomic E-state index is 13.2. The van der Waals surface area contributed by atoms with Crippen LogP contribution in [-0.4, -0.2) is 66.9 Å². The van der Waals surface area contributed by atoms with Crippen molar-refractivity contribution in [3.63, 3.8) is 0 Å². The molecule has 1 amide bonds. The molecular weight excluding hydrogens is 423 g/mol. The van der Waals surface area contributed by atoms with Gasteiger partial charge in [-0.15, -0.1) is 0 Å². The Labute approximate surface area is 190 Å². The van der Waals surface area contributed by atoms with E-state index in [4.69, 9.17) is 32.7 Å². The molecule has 1 saturated heterocycles. The van der Waals surface area contributed by atoms with Gasteiger partial charge >= 0.3 is 0 Å². The van der Waals surface area contributed by atoms with Gasteiger partial charge in [0, 0.05) is 26.7 Å². The summed E-state index contributed by atoms with van der Waals surface area (Å²) in [5, 5.41) is 0.977. The van der Waals surface area contributed by atoms with Gasteiger partial charge in [-0.3, -0.25) is 9.69 Å². The van der Waals surface area contributed by atoms with E-state index < -0.39 is 5.79 Å². The van der Waals surface area contributed by atoms with Crippen LogP contribution < -0.4 is 0 Å². The first-order valence-corrected chi connectivity index (χ1v) is 11.9. The summed E-state index contributed by atoms with van der Waals surface area (Å²) in [6, 6.07) is 5.47. The highest BCUT2D eigenvalue weighted by Crippen LogP contribution is 2.40. The van der Waals surface area contributed by atoms with Crippen molar-refractivity contribution in [2.45, 2.75) is 70.2 Å². The number of carbonyl (C=O) groups is 1. The standard InChI is InChI=1S/C23H34Cl2N2O3/c1-4-29-23(30-5-2)12-8-9-20(22(23)27-13-6-7-14-27)26(3)21(28)16-17-10-11-18(24)19(25)15-17/h10-11,15,20,22H,4-9,12-14,16H2,1-3H3/t20-,22+/m0/s1. The van der Waals surface area contributed by atoms with Crippen molar-refractivity contribution >= 4 is 29.1 Å². The molecule has 0 spiro atoms. The van der Waals surface area contributed by atoms with E-state index >= 15 is 0 Å². The highest BCUT2D eigenvalue weighted by atomic mass is 35.5. The summed E-state index contributed by atoms with van der Waals surface area (Å²) in [7, 11) is 1.92. The molecule has 1 aromatic carbocycles. The number of benzene rings is 1. The molecule has 5 nitrogen and oxygen atoms in total. The van der Waals surface area contributed by atoms with Gasteiger partial charge in [0.25, 0.3) is 0 Å². The first kappa shape index (κ1) is 23.8. The third kappa shape index (κ3) is 5.13. The van der Waals surface area contributed by atoms with Gasteiger partial charge in [0.1, 0.15) is 0 Å². The average molecular weight is 457 g/mol. The number of carbonyl (C=O) groups excluding carboxylic acids is 1. The van der Waals surface area contributed by atoms with Gasteiger partial charge in [0.05, 0.1) is 28.5 Å². The molecule has 1 aromatic rings. The maximum absolute atomic E-state index is 13.2. The molecule has 0 bridgehead atoms. The minimum Gasteiger partial charge on any atom is -0.349 e. The van der Waals surface area contributed by atoms with E-state index in [1.807, 2.05) is 31.9 Å². The molecule has 168 valence electrons. The number of amides is 1. The van der Waals surface area contributed by atoms with Crippen LogP contribution in [0.3, 0.4) is 0 Å². The van der Waals surface area contributed by atoms with E-state index in [0.29, 0.717) is 29.7 Å². The fourth-order valence-corrected chi connectivity index (χ4v) is 5.40. The van der Waals surface area contributed by atoms with Crippen LogP contribution in [0.4, 0.5) is 0 Å². The molecule has 2 aliphatic rings. The molecular formula is C23H34Cl2N2O3. The van der Waals surface area contributed by atoms with E-state index in [9.17, 15) is 4.79 Å². The van der Waals surface area contributed by atoms with Gasteiger partial charge in [0.2, 0.25) is 5.91 Å². The number of nitrogens with zero attached hydrogens (tertiary/aromatic N) is 2. The van der Waals surface area contributed by atoms with E-state index in [1.165, 1.54) is 12.8 Å². The molecule has 1 heterocycles. The number of hydrogen-bond donors (Lipinski definition) is 0. The molecule has 1 saturated carbocycles. The minimum atomic E-state index is -0.658. The Balaban J connectivity index is 1.84. The fourth-order valence-electron chi connectivity index (χ4n) is 5.08. The topological polar surface area (TPSA) is 42.0 Å². The lowest BCUT2D eigenvalue weighted by atomic mass is 9.82. The molecule has 0 aromatic heterocycles. The zero-order chi connectivity index (χ0) is 21.7. The van der Waals surface area contributed by atoms with Crippen molar-refractivity contribution in [3.8, 4) is 0 Å². The predicted octanol–water partition coefficient (Wildman–Crippen LogP) is 4.78. The number of likely N-dealkylation sites (tertiary alicyclic amines) is 1. The van der Waals surface area contributed by atoms with Crippen molar-refractivity contribution in [3.05, 3.63) is 33.8 Å². The molecule has 30 heavy (non-hydrogen) atoms. The summed E-state index contributed by atoms with van der Waals surface area (Å²) in [5.41, 5.74) is 0.871. The van der Waals surface area contributed by atoms with Crippen molar-refractivity contribution in [2.24, 2.45) is 0 Å². The normalized spacial score (nSPS) is 24.2. The Morgan fingerprint density at radius 1 is 1.13 bits per heavy atom. The highest BCUT2D eigenvalue weighted by molar-refractivity contribution is 6.42. The Morgan fingerprint density at radius 2 is 1.80 bits per heavy atom. The van der Waals surface area contributed by atoms with Gasteiger partial charge in [0.15, 0.2) is 5.79 Å². The minimum absolute atomic E-state index is 0.0383. The lowest BCUT2D eigenvalue weighted by Crippen LogP contribution is -2.66.